The number of halogens is 2. The van der Waals surface area contributed by atoms with Crippen molar-refractivity contribution in [2.75, 3.05) is 0 Å². The second kappa shape index (κ2) is 3.86. The summed E-state index contributed by atoms with van der Waals surface area (Å²) in [5, 5.41) is 0.450. The van der Waals surface area contributed by atoms with Crippen molar-refractivity contribution in [2.24, 2.45) is 0 Å². The fraction of sp³-hybridized carbons (Fsp3) is 0.111. The summed E-state index contributed by atoms with van der Waals surface area (Å²) in [6.07, 6.45) is 3.28. The van der Waals surface area contributed by atoms with Gasteiger partial charge in [0, 0.05) is 6.20 Å². The smallest absolute Gasteiger partial charge is 0.197 e. The lowest BCUT2D eigenvalue weighted by Crippen LogP contribution is -1.91. The minimum Gasteiger partial charge on any atom is -0.461 e. The Morgan fingerprint density at radius 2 is 2.29 bits per heavy atom. The predicted octanol–water partition coefficient (Wildman–Crippen LogP) is 3.30. The molecule has 0 amide bonds. The molecule has 5 heteroatoms. The minimum atomic E-state index is 0.450. The van der Waals surface area contributed by atoms with Gasteiger partial charge in [-0.15, -0.1) is 0 Å². The van der Waals surface area contributed by atoms with Gasteiger partial charge in [0.05, 0.1) is 9.83 Å². The summed E-state index contributed by atoms with van der Waals surface area (Å²) in [4.78, 5) is 8.27. The molecule has 0 radical (unpaired) electrons. The van der Waals surface area contributed by atoms with Crippen LogP contribution >= 0.6 is 34.2 Å². The molecule has 0 unspecified atom stereocenters. The molecule has 0 aliphatic rings. The van der Waals surface area contributed by atoms with Crippen LogP contribution in [0.5, 0.6) is 0 Å². The summed E-state index contributed by atoms with van der Waals surface area (Å²) in [6.45, 7) is 1.94. The summed E-state index contributed by atoms with van der Waals surface area (Å²) in [5.74, 6) is 1.20. The van der Waals surface area contributed by atoms with Crippen LogP contribution in [-0.2, 0) is 0 Å². The van der Waals surface area contributed by atoms with Crippen molar-refractivity contribution < 1.29 is 4.42 Å². The van der Waals surface area contributed by atoms with Crippen molar-refractivity contribution in [2.45, 2.75) is 6.92 Å². The van der Waals surface area contributed by atoms with Crippen molar-refractivity contribution in [3.05, 3.63) is 32.8 Å². The van der Waals surface area contributed by atoms with Crippen LogP contribution in [-0.4, -0.2) is 9.97 Å². The topological polar surface area (TPSA) is 38.9 Å². The number of aryl methyl sites for hydroxylation is 1. The van der Waals surface area contributed by atoms with Gasteiger partial charge in [-0.3, -0.25) is 0 Å². The van der Waals surface area contributed by atoms with Crippen molar-refractivity contribution >= 4 is 34.2 Å². The first-order valence-electron chi connectivity index (χ1n) is 3.91. The molecule has 14 heavy (non-hydrogen) atoms. The normalized spacial score (nSPS) is 10.5. The van der Waals surface area contributed by atoms with Crippen LogP contribution in [0.25, 0.3) is 11.6 Å². The SMILES string of the molecule is Cc1ccoc1-c1ncc(I)c(Cl)n1. The second-order valence-corrected chi connectivity index (χ2v) is 4.29. The number of rotatable bonds is 1. The van der Waals surface area contributed by atoms with E-state index in [2.05, 4.69) is 32.6 Å². The van der Waals surface area contributed by atoms with Gasteiger partial charge < -0.3 is 4.42 Å². The average molecular weight is 321 g/mol. The maximum Gasteiger partial charge on any atom is 0.197 e. The Morgan fingerprint density at radius 1 is 1.50 bits per heavy atom. The molecule has 72 valence electrons. The van der Waals surface area contributed by atoms with Crippen LogP contribution in [0.3, 0.4) is 0 Å². The molecule has 0 aliphatic carbocycles. The van der Waals surface area contributed by atoms with E-state index in [0.717, 1.165) is 9.13 Å². The number of nitrogens with zero attached hydrogens (tertiary/aromatic N) is 2. The highest BCUT2D eigenvalue weighted by Gasteiger charge is 2.10. The molecule has 2 heterocycles. The Labute approximate surface area is 99.7 Å². The van der Waals surface area contributed by atoms with E-state index in [4.69, 9.17) is 16.0 Å². The van der Waals surface area contributed by atoms with Gasteiger partial charge in [-0.25, -0.2) is 9.97 Å². The number of hydrogen-bond donors (Lipinski definition) is 0. The summed E-state index contributed by atoms with van der Waals surface area (Å²) >= 11 is 7.96. The highest BCUT2D eigenvalue weighted by atomic mass is 127. The molecule has 0 spiro atoms. The molecule has 0 aliphatic heterocycles. The molecule has 2 rings (SSSR count). The lowest BCUT2D eigenvalue weighted by atomic mass is 10.3. The molecular weight excluding hydrogens is 314 g/mol. The Bertz CT molecular complexity index is 470. The zero-order valence-electron chi connectivity index (χ0n) is 7.29. The van der Waals surface area contributed by atoms with Crippen molar-refractivity contribution in [3.63, 3.8) is 0 Å². The molecule has 0 bridgehead atoms. The number of furan rings is 1. The molecule has 3 nitrogen and oxygen atoms in total. The zero-order chi connectivity index (χ0) is 10.1. The third-order valence-electron chi connectivity index (χ3n) is 1.77. The maximum atomic E-state index is 5.88. The molecule has 0 fully saturated rings. The first-order chi connectivity index (χ1) is 6.68. The lowest BCUT2D eigenvalue weighted by Gasteiger charge is -1.98. The molecule has 0 saturated heterocycles. The Balaban J connectivity index is 2.53. The van der Waals surface area contributed by atoms with Crippen molar-refractivity contribution in [3.8, 4) is 11.6 Å². The fourth-order valence-electron chi connectivity index (χ4n) is 1.06. The van der Waals surface area contributed by atoms with E-state index in [-0.39, 0.29) is 0 Å². The molecule has 2 aromatic rings. The van der Waals surface area contributed by atoms with Crippen LogP contribution in [0.4, 0.5) is 0 Å². The monoisotopic (exact) mass is 320 g/mol. The molecule has 0 saturated carbocycles. The van der Waals surface area contributed by atoms with E-state index in [1.165, 1.54) is 0 Å². The third kappa shape index (κ3) is 1.76. The van der Waals surface area contributed by atoms with Gasteiger partial charge in [0.25, 0.3) is 0 Å². The molecule has 2 aromatic heterocycles. The van der Waals surface area contributed by atoms with E-state index < -0.39 is 0 Å². The Hall–Kier alpha value is -0.620. The fourth-order valence-corrected chi connectivity index (χ4v) is 1.45. The quantitative estimate of drug-likeness (QED) is 0.598. The van der Waals surface area contributed by atoms with Crippen LogP contribution in [0, 0.1) is 10.5 Å². The minimum absolute atomic E-state index is 0.450. The number of aromatic nitrogens is 2. The first kappa shape index (κ1) is 9.92. The molecule has 0 atom stereocenters. The van der Waals surface area contributed by atoms with Gasteiger partial charge >= 0.3 is 0 Å². The highest BCUT2D eigenvalue weighted by molar-refractivity contribution is 14.1. The molecule has 0 aromatic carbocycles. The van der Waals surface area contributed by atoms with E-state index in [0.29, 0.717) is 16.7 Å². The van der Waals surface area contributed by atoms with Gasteiger partial charge in [0.15, 0.2) is 11.6 Å². The maximum absolute atomic E-state index is 5.88. The summed E-state index contributed by atoms with van der Waals surface area (Å²) in [5.41, 5.74) is 1.00. The summed E-state index contributed by atoms with van der Waals surface area (Å²) in [6, 6.07) is 1.87. The van der Waals surface area contributed by atoms with Gasteiger partial charge in [-0.05, 0) is 41.1 Å². The van der Waals surface area contributed by atoms with Gasteiger partial charge in [-0.2, -0.15) is 0 Å². The van der Waals surface area contributed by atoms with Gasteiger partial charge in [0.1, 0.15) is 5.15 Å². The largest absolute Gasteiger partial charge is 0.461 e. The molecule has 0 N–H and O–H groups in total. The van der Waals surface area contributed by atoms with Crippen molar-refractivity contribution in [1.82, 2.24) is 9.97 Å². The van der Waals surface area contributed by atoms with E-state index in [9.17, 15) is 0 Å². The highest BCUT2D eigenvalue weighted by Crippen LogP contribution is 2.23. The zero-order valence-corrected chi connectivity index (χ0v) is 10.2. The standard InChI is InChI=1S/C9H6ClIN2O/c1-5-2-3-14-7(5)9-12-4-6(11)8(10)13-9/h2-4H,1H3. The van der Waals surface area contributed by atoms with Crippen LogP contribution in [0.15, 0.2) is 22.9 Å². The average Bonchev–Trinajstić information content (AvgIpc) is 2.57. The Morgan fingerprint density at radius 3 is 2.86 bits per heavy atom. The van der Waals surface area contributed by atoms with Crippen molar-refractivity contribution in [1.29, 1.82) is 0 Å². The molecular formula is C9H6ClIN2O. The van der Waals surface area contributed by atoms with Crippen LogP contribution in [0.1, 0.15) is 5.56 Å². The first-order valence-corrected chi connectivity index (χ1v) is 5.36. The van der Waals surface area contributed by atoms with Crippen LogP contribution < -0.4 is 0 Å². The number of hydrogen-bond acceptors (Lipinski definition) is 3. The van der Waals surface area contributed by atoms with Crippen LogP contribution in [0.2, 0.25) is 5.15 Å². The van der Waals surface area contributed by atoms with E-state index >= 15 is 0 Å². The second-order valence-electron chi connectivity index (χ2n) is 2.77. The van der Waals surface area contributed by atoms with E-state index in [1.807, 2.05) is 13.0 Å². The third-order valence-corrected chi connectivity index (χ3v) is 3.16. The predicted molar refractivity (Wildman–Crippen MR) is 62.2 cm³/mol. The van der Waals surface area contributed by atoms with Gasteiger partial charge in [-0.1, -0.05) is 11.6 Å². The summed E-state index contributed by atoms with van der Waals surface area (Å²) in [7, 11) is 0. The van der Waals surface area contributed by atoms with E-state index in [1.54, 1.807) is 12.5 Å². The lowest BCUT2D eigenvalue weighted by molar-refractivity contribution is 0.575. The summed E-state index contributed by atoms with van der Waals surface area (Å²) < 4.78 is 6.09. The van der Waals surface area contributed by atoms with Gasteiger partial charge in [0.2, 0.25) is 0 Å². The Kier molecular flexibility index (Phi) is 2.73.